The van der Waals surface area contributed by atoms with Gasteiger partial charge >= 0.3 is 0 Å². The van der Waals surface area contributed by atoms with Gasteiger partial charge in [-0.1, -0.05) is 272 Å². The predicted molar refractivity (Wildman–Crippen MR) is 479 cm³/mol. The number of hydrogen-bond donors (Lipinski definition) is 0. The average Bonchev–Trinajstić information content (AvgIpc) is 1.59. The van der Waals surface area contributed by atoms with Crippen molar-refractivity contribution in [3.05, 3.63) is 340 Å². The molecule has 4 heterocycles. The Bertz CT molecular complexity index is 5590. The van der Waals surface area contributed by atoms with E-state index in [1.54, 1.807) is 0 Å². The molecule has 0 amide bonds. The highest BCUT2D eigenvalue weighted by molar-refractivity contribution is 7.38. The van der Waals surface area contributed by atoms with Crippen LogP contribution in [0.2, 0.25) is 0 Å². The van der Waals surface area contributed by atoms with Gasteiger partial charge in [-0.05, 0) is 253 Å². The zero-order valence-corrected chi connectivity index (χ0v) is 68.7. The number of hydrogen-bond acceptors (Lipinski definition) is 6. The van der Waals surface area contributed by atoms with Gasteiger partial charge in [0.25, 0.3) is 6.71 Å². The Balaban J connectivity index is 0.641. The maximum atomic E-state index is 2.55. The van der Waals surface area contributed by atoms with Crippen LogP contribution < -0.4 is 24.8 Å². The largest absolute Gasteiger partial charge is 0.310 e. The second kappa shape index (κ2) is 26.3. The molecule has 0 aliphatic heterocycles. The standard InChI is InChI=1S/C103H91BN2S4/c1-61(2)66-55-81(62(3)4)99(82(56-66)63(5)6)104(97-53-51-95(109-97)93-49-47-91(107-93)64-31-35-67(36-32-64)105(69-39-43-77-73-23-15-19-27-83(73)100(7,8)87(77)57-69)70-40-44-78-74-24-16-20-28-84(74)101(9,10)88(78)58-70)98-54-52-96(110-98)94-50-48-92(108-94)65-33-37-68(38-34-65)106(71-41-45-79-75-25-17-21-29-85(75)102(11,12)89(79)59-71)72-42-46-80-76-26-18-22-30-86(76)103(13,14)90(80)60-72/h15-63H,1-14H3. The first-order valence-electron chi connectivity index (χ1n) is 39.4. The van der Waals surface area contributed by atoms with Crippen molar-refractivity contribution < 1.29 is 0 Å². The van der Waals surface area contributed by atoms with Gasteiger partial charge in [0, 0.05) is 85.0 Å². The Morgan fingerprint density at radius 3 is 0.809 bits per heavy atom. The Hall–Kier alpha value is -10.1. The van der Waals surface area contributed by atoms with E-state index in [2.05, 4.69) is 386 Å². The lowest BCUT2D eigenvalue weighted by molar-refractivity contribution is 0.659. The zero-order chi connectivity index (χ0) is 75.6. The minimum atomic E-state index is -0.131. The summed E-state index contributed by atoms with van der Waals surface area (Å²) in [7, 11) is 0. The van der Waals surface area contributed by atoms with Crippen molar-refractivity contribution in [2.75, 3.05) is 9.80 Å². The first-order valence-corrected chi connectivity index (χ1v) is 42.6. The molecule has 0 spiro atoms. The summed E-state index contributed by atoms with van der Waals surface area (Å²) >= 11 is 7.75. The molecule has 0 saturated carbocycles. The van der Waals surface area contributed by atoms with Crippen LogP contribution in [0.25, 0.3) is 84.9 Å². The van der Waals surface area contributed by atoms with E-state index in [1.165, 1.54) is 184 Å². The fraction of sp³-hybridized carbons (Fsp3) is 0.204. The van der Waals surface area contributed by atoms with Gasteiger partial charge in [-0.2, -0.15) is 0 Å². The van der Waals surface area contributed by atoms with Crippen LogP contribution in [0.15, 0.2) is 279 Å². The number of benzene rings is 11. The van der Waals surface area contributed by atoms with E-state index in [9.17, 15) is 0 Å². The Labute approximate surface area is 667 Å². The molecule has 4 aliphatic rings. The molecule has 15 aromatic rings. The average molecular weight is 1500 g/mol. The minimum absolute atomic E-state index is 0.0617. The highest BCUT2D eigenvalue weighted by Crippen LogP contribution is 2.57. The van der Waals surface area contributed by atoms with Crippen molar-refractivity contribution in [1.29, 1.82) is 0 Å². The Kier molecular flexibility index (Phi) is 16.8. The number of rotatable bonds is 16. The van der Waals surface area contributed by atoms with Crippen molar-refractivity contribution in [3.63, 3.8) is 0 Å². The quantitative estimate of drug-likeness (QED) is 0.0890. The van der Waals surface area contributed by atoms with E-state index in [0.717, 1.165) is 11.4 Å². The third-order valence-electron chi connectivity index (χ3n) is 25.1. The van der Waals surface area contributed by atoms with E-state index < -0.39 is 0 Å². The highest BCUT2D eigenvalue weighted by atomic mass is 32.1. The lowest BCUT2D eigenvalue weighted by atomic mass is 9.40. The molecular weight excluding hydrogens is 1400 g/mol. The summed E-state index contributed by atoms with van der Waals surface area (Å²) in [6, 6.07) is 108. The molecule has 0 bridgehead atoms. The fourth-order valence-electron chi connectivity index (χ4n) is 19.1. The number of fused-ring (bicyclic) bond motifs is 12. The molecule has 2 nitrogen and oxygen atoms in total. The normalized spacial score (nSPS) is 14.6. The molecule has 110 heavy (non-hydrogen) atoms. The third kappa shape index (κ3) is 11.2. The lowest BCUT2D eigenvalue weighted by Crippen LogP contribution is -2.53. The van der Waals surface area contributed by atoms with Crippen LogP contribution in [0.3, 0.4) is 0 Å². The monoisotopic (exact) mass is 1490 g/mol. The van der Waals surface area contributed by atoms with Gasteiger partial charge < -0.3 is 9.80 Å². The SMILES string of the molecule is CC(C)c1cc(C(C)C)c(B(c2ccc(-c3ccc(-c4ccc(N(c5ccc6c(c5)C(C)(C)c5ccccc5-6)c5ccc6c(c5)C(C)(C)c5ccccc5-6)cc4)s3)s2)c2ccc(-c3ccc(-c4ccc(N(c5ccc6c(c5)C(C)(C)c5ccccc5-6)c5ccc6c(c5)C(C)(C)c5ccccc5-6)cc4)s3)s2)c(C(C)C)c1. The molecule has 7 heteroatoms. The summed E-state index contributed by atoms with van der Waals surface area (Å²) in [5.41, 5.74) is 36.4. The smallest absolute Gasteiger partial charge is 0.267 e. The van der Waals surface area contributed by atoms with Crippen LogP contribution in [0.4, 0.5) is 34.1 Å². The van der Waals surface area contributed by atoms with Gasteiger partial charge in [0.05, 0.1) is 0 Å². The Morgan fingerprint density at radius 1 is 0.245 bits per heavy atom. The molecule has 0 radical (unpaired) electrons. The van der Waals surface area contributed by atoms with Crippen molar-refractivity contribution >= 4 is 101 Å². The van der Waals surface area contributed by atoms with Crippen LogP contribution in [-0.4, -0.2) is 6.71 Å². The highest BCUT2D eigenvalue weighted by Gasteiger charge is 2.41. The van der Waals surface area contributed by atoms with Gasteiger partial charge in [0.2, 0.25) is 0 Å². The van der Waals surface area contributed by atoms with E-state index >= 15 is 0 Å². The first-order chi connectivity index (χ1) is 53.0. The maximum Gasteiger partial charge on any atom is 0.267 e. The second-order valence-electron chi connectivity index (χ2n) is 34.1. The zero-order valence-electron chi connectivity index (χ0n) is 65.4. The summed E-state index contributed by atoms with van der Waals surface area (Å²) in [4.78, 5) is 12.7. The van der Waals surface area contributed by atoms with Gasteiger partial charge in [0.15, 0.2) is 0 Å². The lowest BCUT2D eigenvalue weighted by Gasteiger charge is -2.30. The Morgan fingerprint density at radius 2 is 0.509 bits per heavy atom. The van der Waals surface area contributed by atoms with E-state index in [-0.39, 0.29) is 28.4 Å². The molecule has 0 N–H and O–H groups in total. The van der Waals surface area contributed by atoms with Crippen LogP contribution in [0.1, 0.15) is 176 Å². The molecule has 11 aromatic carbocycles. The summed E-state index contributed by atoms with van der Waals surface area (Å²) in [5, 5.41) is 0. The summed E-state index contributed by atoms with van der Waals surface area (Å²) in [5.74, 6) is 1.10. The van der Waals surface area contributed by atoms with Crippen LogP contribution in [0.5, 0.6) is 0 Å². The summed E-state index contributed by atoms with van der Waals surface area (Å²) in [6.07, 6.45) is 0. The summed E-state index contributed by atoms with van der Waals surface area (Å²) in [6.45, 7) is 33.4. The van der Waals surface area contributed by atoms with Crippen LogP contribution in [0, 0.1) is 0 Å². The molecule has 0 unspecified atom stereocenters. The van der Waals surface area contributed by atoms with E-state index in [1.807, 2.05) is 45.3 Å². The predicted octanol–water partition coefficient (Wildman–Crippen LogP) is 28.7. The van der Waals surface area contributed by atoms with Crippen molar-refractivity contribution in [3.8, 4) is 84.9 Å². The van der Waals surface area contributed by atoms with Gasteiger partial charge in [0.1, 0.15) is 0 Å². The van der Waals surface area contributed by atoms with Crippen molar-refractivity contribution in [1.82, 2.24) is 0 Å². The molecule has 0 saturated heterocycles. The fourth-order valence-corrected chi connectivity index (χ4v) is 23.6. The van der Waals surface area contributed by atoms with E-state index in [0.29, 0.717) is 17.8 Å². The molecule has 4 aromatic heterocycles. The van der Waals surface area contributed by atoms with E-state index in [4.69, 9.17) is 0 Å². The molecule has 0 atom stereocenters. The van der Waals surface area contributed by atoms with Gasteiger partial charge in [-0.15, -0.1) is 45.3 Å². The molecule has 19 rings (SSSR count). The van der Waals surface area contributed by atoms with Crippen molar-refractivity contribution in [2.45, 2.75) is 136 Å². The van der Waals surface area contributed by atoms with Crippen LogP contribution >= 0.6 is 45.3 Å². The maximum absolute atomic E-state index is 2.55. The molecule has 540 valence electrons. The number of nitrogens with zero attached hydrogens (tertiary/aromatic N) is 2. The van der Waals surface area contributed by atoms with Gasteiger partial charge in [-0.25, -0.2) is 0 Å². The summed E-state index contributed by atoms with van der Waals surface area (Å²) < 4.78 is 2.77. The number of thiophene rings is 4. The van der Waals surface area contributed by atoms with Crippen LogP contribution in [-0.2, 0) is 21.7 Å². The second-order valence-corrected chi connectivity index (χ2v) is 38.5. The van der Waals surface area contributed by atoms with Crippen molar-refractivity contribution in [2.24, 2.45) is 0 Å². The molecule has 0 fully saturated rings. The minimum Gasteiger partial charge on any atom is -0.310 e. The topological polar surface area (TPSA) is 6.48 Å². The molecule has 4 aliphatic carbocycles. The van der Waals surface area contributed by atoms with Gasteiger partial charge in [-0.3, -0.25) is 0 Å². The third-order valence-corrected chi connectivity index (χ3v) is 30.1. The first kappa shape index (κ1) is 70.3. The molecular formula is C103H91BN2S4. The number of anilines is 6.